The Hall–Kier alpha value is -3.40. The molecule has 6 nitrogen and oxygen atoms in total. The topological polar surface area (TPSA) is 73.2 Å². The summed E-state index contributed by atoms with van der Waals surface area (Å²) in [5, 5.41) is 2.67. The number of rotatable bonds is 5. The van der Waals surface area contributed by atoms with Crippen molar-refractivity contribution in [2.75, 3.05) is 12.5 Å². The maximum atomic E-state index is 14.4. The molecule has 0 aliphatic heterocycles. The molecule has 5 aromatic rings. The molecule has 5 rings (SSSR count). The van der Waals surface area contributed by atoms with E-state index in [1.165, 1.54) is 30.8 Å². The van der Waals surface area contributed by atoms with Gasteiger partial charge in [0.15, 0.2) is 0 Å². The number of thiophene rings is 2. The van der Waals surface area contributed by atoms with Gasteiger partial charge < -0.3 is 4.74 Å². The monoisotopic (exact) mass is 465 g/mol. The van der Waals surface area contributed by atoms with E-state index in [2.05, 4.69) is 10.4 Å². The minimum absolute atomic E-state index is 0.0680. The number of hydrogen-bond donors (Lipinski definition) is 1. The number of amides is 1. The third kappa shape index (κ3) is 3.40. The average Bonchev–Trinajstić information content (AvgIpc) is 3.40. The van der Waals surface area contributed by atoms with E-state index in [9.17, 15) is 14.0 Å². The molecule has 0 fully saturated rings. The number of hydrogen-bond acceptors (Lipinski definition) is 6. The zero-order chi connectivity index (χ0) is 22.2. The second kappa shape index (κ2) is 8.27. The number of ether oxygens (including phenoxy) is 1. The van der Waals surface area contributed by atoms with Gasteiger partial charge in [-0.15, -0.1) is 22.7 Å². The quantitative estimate of drug-likeness (QED) is 0.396. The Bertz CT molecular complexity index is 1520. The van der Waals surface area contributed by atoms with E-state index < -0.39 is 11.7 Å². The molecule has 0 aliphatic rings. The van der Waals surface area contributed by atoms with Gasteiger partial charge in [-0.3, -0.25) is 15.0 Å². The van der Waals surface area contributed by atoms with Crippen molar-refractivity contribution in [2.45, 2.75) is 6.61 Å². The van der Waals surface area contributed by atoms with Crippen LogP contribution in [0.5, 0.6) is 0 Å². The molecule has 0 saturated heterocycles. The Kier molecular flexibility index (Phi) is 5.30. The van der Waals surface area contributed by atoms with E-state index in [-0.39, 0.29) is 17.0 Å². The molecule has 0 unspecified atom stereocenters. The Morgan fingerprint density at radius 1 is 1.16 bits per heavy atom. The van der Waals surface area contributed by atoms with Crippen LogP contribution >= 0.6 is 22.7 Å². The van der Waals surface area contributed by atoms with Crippen molar-refractivity contribution < 1.29 is 13.9 Å². The Morgan fingerprint density at radius 2 is 1.97 bits per heavy atom. The average molecular weight is 466 g/mol. The van der Waals surface area contributed by atoms with Gasteiger partial charge in [0.2, 0.25) is 0 Å². The molecule has 1 amide bonds. The second-order valence-corrected chi connectivity index (χ2v) is 8.92. The number of carbonyl (C=O) groups is 1. The van der Waals surface area contributed by atoms with Crippen LogP contribution in [0.25, 0.3) is 31.4 Å². The fourth-order valence-electron chi connectivity index (χ4n) is 3.64. The number of aromatic nitrogens is 2. The molecule has 3 heterocycles. The van der Waals surface area contributed by atoms with Crippen molar-refractivity contribution in [3.8, 4) is 11.1 Å². The largest absolute Gasteiger partial charge is 0.380 e. The molecule has 0 bridgehead atoms. The first-order chi connectivity index (χ1) is 15.6. The molecular formula is C23H16FN3O3S2. The van der Waals surface area contributed by atoms with Crippen LogP contribution in [0, 0.1) is 5.82 Å². The summed E-state index contributed by atoms with van der Waals surface area (Å²) >= 11 is 2.52. The number of halogens is 1. The van der Waals surface area contributed by atoms with Gasteiger partial charge in [0.05, 0.1) is 12.0 Å². The maximum Gasteiger partial charge on any atom is 0.281 e. The van der Waals surface area contributed by atoms with E-state index in [0.717, 1.165) is 27.1 Å². The third-order valence-electron chi connectivity index (χ3n) is 5.06. The van der Waals surface area contributed by atoms with E-state index >= 15 is 0 Å². The summed E-state index contributed by atoms with van der Waals surface area (Å²) in [7, 11) is 1.48. The SMILES string of the molecule is COCc1c(C(=O)Nn2cnc3scc(-c4ccccc4)c3c2=O)sc2cccc(F)c12. The van der Waals surface area contributed by atoms with E-state index in [0.29, 0.717) is 25.9 Å². The smallest absolute Gasteiger partial charge is 0.281 e. The number of fused-ring (bicyclic) bond motifs is 2. The summed E-state index contributed by atoms with van der Waals surface area (Å²) in [6.45, 7) is 0.0680. The molecule has 160 valence electrons. The van der Waals surface area contributed by atoms with Crippen molar-refractivity contribution in [3.63, 3.8) is 0 Å². The predicted octanol–water partition coefficient (Wildman–Crippen LogP) is 5.01. The molecule has 3 aromatic heterocycles. The molecule has 0 aliphatic carbocycles. The highest BCUT2D eigenvalue weighted by molar-refractivity contribution is 7.21. The normalized spacial score (nSPS) is 11.3. The van der Waals surface area contributed by atoms with Crippen LogP contribution in [0.1, 0.15) is 15.2 Å². The van der Waals surface area contributed by atoms with Crippen LogP contribution in [-0.4, -0.2) is 22.7 Å². The van der Waals surface area contributed by atoms with E-state index in [1.807, 2.05) is 35.7 Å². The first-order valence-electron chi connectivity index (χ1n) is 9.63. The number of methoxy groups -OCH3 is 1. The van der Waals surface area contributed by atoms with Crippen molar-refractivity contribution in [1.29, 1.82) is 0 Å². The van der Waals surface area contributed by atoms with Gasteiger partial charge in [0.1, 0.15) is 21.9 Å². The highest BCUT2D eigenvalue weighted by atomic mass is 32.1. The van der Waals surface area contributed by atoms with Gasteiger partial charge in [0, 0.05) is 33.7 Å². The van der Waals surface area contributed by atoms with Gasteiger partial charge >= 0.3 is 0 Å². The van der Waals surface area contributed by atoms with Crippen molar-refractivity contribution >= 4 is 48.9 Å². The summed E-state index contributed by atoms with van der Waals surface area (Å²) in [4.78, 5) is 31.5. The Balaban J connectivity index is 1.58. The minimum atomic E-state index is -0.530. The fourth-order valence-corrected chi connectivity index (χ4v) is 5.65. The van der Waals surface area contributed by atoms with Crippen molar-refractivity contribution in [2.24, 2.45) is 0 Å². The van der Waals surface area contributed by atoms with Crippen LogP contribution < -0.4 is 11.0 Å². The molecule has 2 aromatic carbocycles. The number of nitrogens with one attached hydrogen (secondary N) is 1. The number of benzene rings is 2. The lowest BCUT2D eigenvalue weighted by atomic mass is 10.1. The minimum Gasteiger partial charge on any atom is -0.380 e. The van der Waals surface area contributed by atoms with Crippen LogP contribution in [0.2, 0.25) is 0 Å². The lowest BCUT2D eigenvalue weighted by Gasteiger charge is -2.09. The van der Waals surface area contributed by atoms with Crippen LogP contribution in [-0.2, 0) is 11.3 Å². The van der Waals surface area contributed by atoms with Crippen LogP contribution in [0.15, 0.2) is 65.0 Å². The molecular weight excluding hydrogens is 449 g/mol. The third-order valence-corrected chi connectivity index (χ3v) is 7.14. The lowest BCUT2D eigenvalue weighted by molar-refractivity contribution is 0.101. The first kappa shape index (κ1) is 20.5. The maximum absolute atomic E-state index is 14.4. The Labute approximate surface area is 189 Å². The van der Waals surface area contributed by atoms with Crippen LogP contribution in [0.3, 0.4) is 0 Å². The summed E-state index contributed by atoms with van der Waals surface area (Å²) < 4.78 is 21.3. The standard InChI is InChI=1S/C23H16FN3O3S2/c1-30-10-14-18-16(24)8-5-9-17(18)32-20(14)21(28)26-27-12-25-22-19(23(27)29)15(11-31-22)13-6-3-2-4-7-13/h2-9,11-12H,10H2,1H3,(H,26,28). The van der Waals surface area contributed by atoms with Gasteiger partial charge in [-0.2, -0.15) is 0 Å². The molecule has 0 spiro atoms. The van der Waals surface area contributed by atoms with Gasteiger partial charge in [-0.25, -0.2) is 14.1 Å². The van der Waals surface area contributed by atoms with Gasteiger partial charge in [0.25, 0.3) is 11.5 Å². The van der Waals surface area contributed by atoms with Crippen LogP contribution in [0.4, 0.5) is 4.39 Å². The summed E-state index contributed by atoms with van der Waals surface area (Å²) in [6, 6.07) is 14.2. The lowest BCUT2D eigenvalue weighted by Crippen LogP contribution is -2.33. The highest BCUT2D eigenvalue weighted by Crippen LogP contribution is 2.34. The Morgan fingerprint density at radius 3 is 2.75 bits per heavy atom. The summed E-state index contributed by atoms with van der Waals surface area (Å²) in [6.07, 6.45) is 1.29. The predicted molar refractivity (Wildman–Crippen MR) is 126 cm³/mol. The van der Waals surface area contributed by atoms with Gasteiger partial charge in [-0.05, 0) is 17.7 Å². The second-order valence-electron chi connectivity index (χ2n) is 7.01. The van der Waals surface area contributed by atoms with E-state index in [4.69, 9.17) is 4.74 Å². The molecule has 0 atom stereocenters. The summed E-state index contributed by atoms with van der Waals surface area (Å²) in [5.74, 6) is -0.951. The molecule has 0 radical (unpaired) electrons. The fraction of sp³-hybridized carbons (Fsp3) is 0.0870. The number of carbonyl (C=O) groups excluding carboxylic acids is 1. The molecule has 9 heteroatoms. The zero-order valence-corrected chi connectivity index (χ0v) is 18.4. The van der Waals surface area contributed by atoms with Crippen molar-refractivity contribution in [3.05, 3.63) is 86.8 Å². The zero-order valence-electron chi connectivity index (χ0n) is 16.8. The first-order valence-corrected chi connectivity index (χ1v) is 11.3. The molecule has 0 saturated carbocycles. The van der Waals surface area contributed by atoms with Gasteiger partial charge in [-0.1, -0.05) is 36.4 Å². The van der Waals surface area contributed by atoms with E-state index in [1.54, 1.807) is 12.1 Å². The van der Waals surface area contributed by atoms with Crippen molar-refractivity contribution in [1.82, 2.24) is 9.66 Å². The molecule has 1 N–H and O–H groups in total. The molecule has 32 heavy (non-hydrogen) atoms. The summed E-state index contributed by atoms with van der Waals surface area (Å²) in [5.41, 5.74) is 4.32. The number of nitrogens with zero attached hydrogens (tertiary/aromatic N) is 2. The highest BCUT2D eigenvalue weighted by Gasteiger charge is 2.22.